The Kier molecular flexibility index (Phi) is 5.88. The first kappa shape index (κ1) is 21.2. The number of aryl methyl sites for hydroxylation is 1. The highest BCUT2D eigenvalue weighted by atomic mass is 32.2. The van der Waals surface area contributed by atoms with Crippen LogP contribution < -0.4 is 0 Å². The Balaban J connectivity index is 1.99. The predicted molar refractivity (Wildman–Crippen MR) is 102 cm³/mol. The Morgan fingerprint density at radius 1 is 1.07 bits per heavy atom. The van der Waals surface area contributed by atoms with Gasteiger partial charge in [0.1, 0.15) is 0 Å². The van der Waals surface area contributed by atoms with Gasteiger partial charge >= 0.3 is 12.2 Å². The van der Waals surface area contributed by atoms with E-state index in [4.69, 9.17) is 0 Å². The number of nitrogens with zero attached hydrogens (tertiary/aromatic N) is 2. The Morgan fingerprint density at radius 3 is 2.28 bits per heavy atom. The monoisotopic (exact) mass is 426 g/mol. The van der Waals surface area contributed by atoms with Gasteiger partial charge in [-0.1, -0.05) is 29.8 Å². The van der Waals surface area contributed by atoms with Crippen LogP contribution in [0.3, 0.4) is 0 Å². The molecule has 2 amide bonds. The average Bonchev–Trinajstić information content (AvgIpc) is 3.20. The molecule has 9 heteroatoms. The summed E-state index contributed by atoms with van der Waals surface area (Å²) in [5.74, 6) is 0. The van der Waals surface area contributed by atoms with Gasteiger partial charge in [-0.2, -0.15) is 13.2 Å². The third-order valence-corrected chi connectivity index (χ3v) is 6.51. The minimum atomic E-state index is -4.56. The fourth-order valence-electron chi connectivity index (χ4n) is 3.17. The van der Waals surface area contributed by atoms with Gasteiger partial charge in [0, 0.05) is 13.1 Å². The number of halogens is 3. The molecule has 2 aromatic rings. The van der Waals surface area contributed by atoms with E-state index >= 15 is 0 Å². The number of sulfonamides is 1. The molecule has 0 N–H and O–H groups in total. The number of carbonyl (C=O) groups excluding carboxylic acids is 1. The van der Waals surface area contributed by atoms with Crippen molar-refractivity contribution in [3.8, 4) is 0 Å². The van der Waals surface area contributed by atoms with Gasteiger partial charge < -0.3 is 4.90 Å². The van der Waals surface area contributed by atoms with Gasteiger partial charge in [-0.15, -0.1) is 0 Å². The van der Waals surface area contributed by atoms with Gasteiger partial charge in [-0.25, -0.2) is 17.5 Å². The standard InChI is InChI=1S/C20H21F3N2O3S/c1-15-7-9-18(10-8-15)29(27,28)25(19(26)24-11-2-3-12-24)14-16-5-4-6-17(13-16)20(21,22)23/h4-10,13H,2-3,11-12,14H2,1H3. The summed E-state index contributed by atoms with van der Waals surface area (Å²) in [6, 6.07) is 9.63. The maximum Gasteiger partial charge on any atom is 0.416 e. The van der Waals surface area contributed by atoms with E-state index < -0.39 is 34.3 Å². The summed E-state index contributed by atoms with van der Waals surface area (Å²) in [6.45, 7) is 2.16. The lowest BCUT2D eigenvalue weighted by Gasteiger charge is -2.27. The fourth-order valence-corrected chi connectivity index (χ4v) is 4.55. The molecule has 156 valence electrons. The van der Waals surface area contributed by atoms with Crippen molar-refractivity contribution in [3.63, 3.8) is 0 Å². The zero-order valence-corrected chi connectivity index (χ0v) is 16.6. The smallest absolute Gasteiger partial charge is 0.324 e. The number of amides is 2. The van der Waals surface area contributed by atoms with Crippen molar-refractivity contribution >= 4 is 16.1 Å². The third-order valence-electron chi connectivity index (χ3n) is 4.78. The summed E-state index contributed by atoms with van der Waals surface area (Å²) in [6.07, 6.45) is -3.04. The third kappa shape index (κ3) is 4.72. The average molecular weight is 426 g/mol. The Hall–Kier alpha value is -2.55. The second-order valence-electron chi connectivity index (χ2n) is 7.00. The van der Waals surface area contributed by atoms with E-state index in [1.54, 1.807) is 19.1 Å². The minimum Gasteiger partial charge on any atom is -0.324 e. The second-order valence-corrected chi connectivity index (χ2v) is 8.86. The normalized spacial score (nSPS) is 14.8. The van der Waals surface area contributed by atoms with E-state index in [1.165, 1.54) is 29.2 Å². The zero-order valence-electron chi connectivity index (χ0n) is 15.8. The number of carbonyl (C=O) groups is 1. The second kappa shape index (κ2) is 8.06. The van der Waals surface area contributed by atoms with Crippen LogP contribution in [0.2, 0.25) is 0 Å². The predicted octanol–water partition coefficient (Wildman–Crippen LogP) is 4.42. The van der Waals surface area contributed by atoms with E-state index in [1.807, 2.05) is 0 Å². The van der Waals surface area contributed by atoms with E-state index in [-0.39, 0.29) is 10.5 Å². The molecule has 1 saturated heterocycles. The first-order chi connectivity index (χ1) is 13.6. The van der Waals surface area contributed by atoms with Gasteiger partial charge in [-0.05, 0) is 49.6 Å². The van der Waals surface area contributed by atoms with Crippen molar-refractivity contribution in [1.29, 1.82) is 0 Å². The number of benzene rings is 2. The van der Waals surface area contributed by atoms with Crippen molar-refractivity contribution < 1.29 is 26.4 Å². The Labute approximate surface area is 167 Å². The molecule has 1 fully saturated rings. The highest BCUT2D eigenvalue weighted by Gasteiger charge is 2.35. The topological polar surface area (TPSA) is 57.7 Å². The van der Waals surface area contributed by atoms with Crippen LogP contribution in [0.4, 0.5) is 18.0 Å². The Bertz CT molecular complexity index is 983. The first-order valence-corrected chi connectivity index (χ1v) is 10.6. The van der Waals surface area contributed by atoms with Gasteiger partial charge in [0.05, 0.1) is 17.0 Å². The van der Waals surface area contributed by atoms with Crippen molar-refractivity contribution in [1.82, 2.24) is 9.21 Å². The lowest BCUT2D eigenvalue weighted by molar-refractivity contribution is -0.137. The highest BCUT2D eigenvalue weighted by molar-refractivity contribution is 7.89. The van der Waals surface area contributed by atoms with E-state index in [0.29, 0.717) is 17.4 Å². The fraction of sp³-hybridized carbons (Fsp3) is 0.350. The molecule has 1 aliphatic heterocycles. The lowest BCUT2D eigenvalue weighted by atomic mass is 10.1. The zero-order chi connectivity index (χ0) is 21.2. The molecule has 1 aliphatic rings. The van der Waals surface area contributed by atoms with Crippen molar-refractivity contribution in [3.05, 3.63) is 65.2 Å². The van der Waals surface area contributed by atoms with Crippen molar-refractivity contribution in [2.75, 3.05) is 13.1 Å². The number of likely N-dealkylation sites (tertiary alicyclic amines) is 1. The molecular formula is C20H21F3N2O3S. The maximum absolute atomic E-state index is 13.2. The molecule has 0 bridgehead atoms. The van der Waals surface area contributed by atoms with Gasteiger partial charge in [0.15, 0.2) is 0 Å². The SMILES string of the molecule is Cc1ccc(S(=O)(=O)N(Cc2cccc(C(F)(F)F)c2)C(=O)N2CCCC2)cc1. The van der Waals surface area contributed by atoms with E-state index in [2.05, 4.69) is 0 Å². The number of hydrogen-bond acceptors (Lipinski definition) is 3. The molecule has 0 radical (unpaired) electrons. The highest BCUT2D eigenvalue weighted by Crippen LogP contribution is 2.30. The van der Waals surface area contributed by atoms with Gasteiger partial charge in [0.25, 0.3) is 10.0 Å². The largest absolute Gasteiger partial charge is 0.416 e. The Morgan fingerprint density at radius 2 is 1.69 bits per heavy atom. The number of urea groups is 1. The first-order valence-electron chi connectivity index (χ1n) is 9.13. The maximum atomic E-state index is 13.2. The molecule has 5 nitrogen and oxygen atoms in total. The molecule has 0 aliphatic carbocycles. The molecule has 0 aromatic heterocycles. The van der Waals surface area contributed by atoms with Crippen LogP contribution >= 0.6 is 0 Å². The van der Waals surface area contributed by atoms with Crippen LogP contribution in [0.25, 0.3) is 0 Å². The van der Waals surface area contributed by atoms with Crippen LogP contribution in [0.5, 0.6) is 0 Å². The quantitative estimate of drug-likeness (QED) is 0.727. The lowest BCUT2D eigenvalue weighted by Crippen LogP contribution is -2.44. The van der Waals surface area contributed by atoms with Crippen molar-refractivity contribution in [2.24, 2.45) is 0 Å². The molecule has 3 rings (SSSR count). The minimum absolute atomic E-state index is 0.0809. The van der Waals surface area contributed by atoms with Crippen LogP contribution in [0.15, 0.2) is 53.4 Å². The molecular weight excluding hydrogens is 405 g/mol. The van der Waals surface area contributed by atoms with Crippen LogP contribution in [0, 0.1) is 6.92 Å². The number of rotatable bonds is 4. The number of hydrogen-bond donors (Lipinski definition) is 0. The molecule has 2 aromatic carbocycles. The summed E-state index contributed by atoms with van der Waals surface area (Å²) in [5, 5.41) is 0. The molecule has 0 atom stereocenters. The van der Waals surface area contributed by atoms with Crippen LogP contribution in [0.1, 0.15) is 29.5 Å². The van der Waals surface area contributed by atoms with E-state index in [9.17, 15) is 26.4 Å². The van der Waals surface area contributed by atoms with Gasteiger partial charge in [0.2, 0.25) is 0 Å². The molecule has 29 heavy (non-hydrogen) atoms. The molecule has 0 unspecified atom stereocenters. The van der Waals surface area contributed by atoms with Crippen LogP contribution in [-0.2, 0) is 22.7 Å². The molecule has 0 saturated carbocycles. The van der Waals surface area contributed by atoms with Gasteiger partial charge in [-0.3, -0.25) is 0 Å². The number of alkyl halides is 3. The summed E-state index contributed by atoms with van der Waals surface area (Å²) >= 11 is 0. The summed E-state index contributed by atoms with van der Waals surface area (Å²) < 4.78 is 66.2. The molecule has 0 spiro atoms. The summed E-state index contributed by atoms with van der Waals surface area (Å²) in [7, 11) is -4.24. The summed E-state index contributed by atoms with van der Waals surface area (Å²) in [4.78, 5) is 14.3. The van der Waals surface area contributed by atoms with Crippen molar-refractivity contribution in [2.45, 2.75) is 37.4 Å². The summed E-state index contributed by atoms with van der Waals surface area (Å²) in [5.41, 5.74) is 0.0404. The van der Waals surface area contributed by atoms with E-state index in [0.717, 1.165) is 30.5 Å². The van der Waals surface area contributed by atoms with Crippen LogP contribution in [-0.4, -0.2) is 36.7 Å². The molecule has 1 heterocycles.